The first-order valence-corrected chi connectivity index (χ1v) is 25.7. The normalized spacial score (nSPS) is 11.7. The maximum Gasteiger partial charge on any atom is 0.143 e. The molecule has 0 bridgehead atoms. The molecule has 0 spiro atoms. The number of fused-ring (bicyclic) bond motifs is 12. The van der Waals surface area contributed by atoms with Gasteiger partial charge in [0.15, 0.2) is 0 Å². The van der Waals surface area contributed by atoms with Crippen molar-refractivity contribution in [2.24, 2.45) is 0 Å². The average Bonchev–Trinajstić information content (AvgIpc) is 4.07. The van der Waals surface area contributed by atoms with Crippen LogP contribution in [0.3, 0.4) is 0 Å². The monoisotopic (exact) mass is 954 g/mol. The van der Waals surface area contributed by atoms with E-state index in [1.54, 1.807) is 0 Å². The van der Waals surface area contributed by atoms with Crippen molar-refractivity contribution in [1.82, 2.24) is 4.57 Å². The highest BCUT2D eigenvalue weighted by molar-refractivity contribution is 6.26. The van der Waals surface area contributed by atoms with Crippen LogP contribution >= 0.6 is 0 Å². The van der Waals surface area contributed by atoms with Crippen LogP contribution in [0.1, 0.15) is 0 Å². The summed E-state index contributed by atoms with van der Waals surface area (Å²) in [6, 6.07) is 101. The Labute approximate surface area is 434 Å². The molecule has 15 aromatic rings. The Morgan fingerprint density at radius 1 is 0.253 bits per heavy atom. The van der Waals surface area contributed by atoms with E-state index in [0.717, 1.165) is 72.5 Å². The number of rotatable bonds is 8. The second-order valence-electron chi connectivity index (χ2n) is 19.5. The van der Waals surface area contributed by atoms with E-state index in [9.17, 15) is 0 Å². The predicted molar refractivity (Wildman–Crippen MR) is 317 cm³/mol. The topological polar surface area (TPSA) is 21.3 Å². The van der Waals surface area contributed by atoms with Crippen LogP contribution in [-0.2, 0) is 0 Å². The fourth-order valence-corrected chi connectivity index (χ4v) is 11.9. The smallest absolute Gasteiger partial charge is 0.143 e. The van der Waals surface area contributed by atoms with Crippen LogP contribution in [0.5, 0.6) is 0 Å². The highest BCUT2D eigenvalue weighted by atomic mass is 16.3. The standard InChI is InChI=1S/C72H46N2O/c1-2-17-56(62-22-7-11-28-68(62)74-69-29-12-8-23-63(69)64-24-9-13-30-70(64)74)54(16-1)49-38-42-52(43-39-49)73(53-44-45-61-59-20-4-3-18-57(59)58-19-5-6-21-60(58)67(61)46-53)51-40-36-48(37-41-51)47-32-34-50(35-33-47)55-26-15-27-66-65-25-10-14-31-71(65)75-72(55)66/h1-46H. The highest BCUT2D eigenvalue weighted by Gasteiger charge is 2.20. The van der Waals surface area contributed by atoms with E-state index >= 15 is 0 Å². The van der Waals surface area contributed by atoms with Crippen molar-refractivity contribution in [3.8, 4) is 50.2 Å². The highest BCUT2D eigenvalue weighted by Crippen LogP contribution is 2.44. The molecular weight excluding hydrogens is 909 g/mol. The second-order valence-corrected chi connectivity index (χ2v) is 19.5. The summed E-state index contributed by atoms with van der Waals surface area (Å²) in [5, 5.41) is 12.3. The Morgan fingerprint density at radius 2 is 0.667 bits per heavy atom. The summed E-state index contributed by atoms with van der Waals surface area (Å²) >= 11 is 0. The third-order valence-corrected chi connectivity index (χ3v) is 15.4. The number of furan rings is 1. The molecule has 0 aliphatic heterocycles. The van der Waals surface area contributed by atoms with Gasteiger partial charge in [-0.15, -0.1) is 0 Å². The molecule has 2 aromatic heterocycles. The van der Waals surface area contributed by atoms with Gasteiger partial charge in [-0.05, 0) is 126 Å². The molecule has 0 amide bonds. The molecule has 0 aliphatic carbocycles. The largest absolute Gasteiger partial charge is 0.455 e. The number of hydrogen-bond donors (Lipinski definition) is 0. The van der Waals surface area contributed by atoms with Gasteiger partial charge in [-0.2, -0.15) is 0 Å². The van der Waals surface area contributed by atoms with Gasteiger partial charge in [0.2, 0.25) is 0 Å². The zero-order valence-corrected chi connectivity index (χ0v) is 40.9. The van der Waals surface area contributed by atoms with E-state index in [1.807, 2.05) is 12.1 Å². The fraction of sp³-hybridized carbons (Fsp3) is 0. The third-order valence-electron chi connectivity index (χ3n) is 15.4. The van der Waals surface area contributed by atoms with Crippen LogP contribution in [0.25, 0.3) is 126 Å². The lowest BCUT2D eigenvalue weighted by Gasteiger charge is -2.27. The quantitative estimate of drug-likeness (QED) is 0.142. The minimum Gasteiger partial charge on any atom is -0.455 e. The molecular formula is C72H46N2O. The number of aromatic nitrogens is 1. The van der Waals surface area contributed by atoms with Gasteiger partial charge in [0.1, 0.15) is 11.2 Å². The molecule has 75 heavy (non-hydrogen) atoms. The van der Waals surface area contributed by atoms with Gasteiger partial charge < -0.3 is 13.9 Å². The number of nitrogens with zero attached hydrogens (tertiary/aromatic N) is 2. The summed E-state index contributed by atoms with van der Waals surface area (Å²) in [5.74, 6) is 0. The molecule has 350 valence electrons. The van der Waals surface area contributed by atoms with Crippen LogP contribution in [0.2, 0.25) is 0 Å². The zero-order valence-electron chi connectivity index (χ0n) is 40.9. The van der Waals surface area contributed by atoms with Crippen molar-refractivity contribution < 1.29 is 4.42 Å². The molecule has 0 fully saturated rings. The van der Waals surface area contributed by atoms with Gasteiger partial charge in [0.05, 0.1) is 16.7 Å². The van der Waals surface area contributed by atoms with Gasteiger partial charge in [-0.1, -0.05) is 218 Å². The molecule has 13 aromatic carbocycles. The summed E-state index contributed by atoms with van der Waals surface area (Å²) in [7, 11) is 0. The van der Waals surface area contributed by atoms with Gasteiger partial charge >= 0.3 is 0 Å². The summed E-state index contributed by atoms with van der Waals surface area (Å²) in [5.41, 5.74) is 17.8. The van der Waals surface area contributed by atoms with Crippen molar-refractivity contribution in [2.45, 2.75) is 0 Å². The second kappa shape index (κ2) is 17.4. The SMILES string of the molecule is c1ccc(-c2ccccc2-n2c3ccccc3c3ccccc32)c(-c2ccc(N(c3ccc(-c4ccc(-c5cccc6c5oc5ccccc56)cc4)cc3)c3ccc4c5ccccc5c5ccccc5c4c3)cc2)c1. The lowest BCUT2D eigenvalue weighted by Crippen LogP contribution is -2.10. The number of anilines is 3. The minimum atomic E-state index is 0.908. The van der Waals surface area contributed by atoms with E-state index < -0.39 is 0 Å². The van der Waals surface area contributed by atoms with Crippen molar-refractivity contribution in [1.29, 1.82) is 0 Å². The summed E-state index contributed by atoms with van der Waals surface area (Å²) in [6.45, 7) is 0. The van der Waals surface area contributed by atoms with Crippen LogP contribution in [0.15, 0.2) is 283 Å². The molecule has 15 rings (SSSR count). The average molecular weight is 955 g/mol. The molecule has 3 heteroatoms. The molecule has 0 saturated heterocycles. The maximum atomic E-state index is 6.41. The molecule has 0 N–H and O–H groups in total. The van der Waals surface area contributed by atoms with Gasteiger partial charge in [0.25, 0.3) is 0 Å². The zero-order chi connectivity index (χ0) is 49.4. The van der Waals surface area contributed by atoms with E-state index in [1.165, 1.54) is 70.8 Å². The molecule has 3 nitrogen and oxygen atoms in total. The first kappa shape index (κ1) is 42.7. The molecule has 0 saturated carbocycles. The van der Waals surface area contributed by atoms with Gasteiger partial charge in [-0.25, -0.2) is 0 Å². The van der Waals surface area contributed by atoms with Crippen molar-refractivity contribution in [3.05, 3.63) is 279 Å². The summed E-state index contributed by atoms with van der Waals surface area (Å²) in [6.07, 6.45) is 0. The van der Waals surface area contributed by atoms with Crippen LogP contribution in [0.4, 0.5) is 17.1 Å². The Balaban J connectivity index is 0.830. The van der Waals surface area contributed by atoms with Crippen molar-refractivity contribution in [3.63, 3.8) is 0 Å². The number of benzene rings is 13. The van der Waals surface area contributed by atoms with Gasteiger partial charge in [-0.3, -0.25) is 0 Å². The van der Waals surface area contributed by atoms with Gasteiger partial charge in [0, 0.05) is 49.7 Å². The molecule has 0 aliphatic rings. The Hall–Kier alpha value is -9.96. The Kier molecular flexibility index (Phi) is 9.89. The Morgan fingerprint density at radius 3 is 1.31 bits per heavy atom. The third kappa shape index (κ3) is 6.97. The first-order chi connectivity index (χ1) is 37.2. The van der Waals surface area contributed by atoms with Crippen LogP contribution < -0.4 is 4.90 Å². The molecule has 0 unspecified atom stereocenters. The number of para-hydroxylation sites is 5. The summed E-state index contributed by atoms with van der Waals surface area (Å²) in [4.78, 5) is 2.40. The Bertz CT molecular complexity index is 4610. The van der Waals surface area contributed by atoms with E-state index in [0.29, 0.717) is 0 Å². The van der Waals surface area contributed by atoms with E-state index in [-0.39, 0.29) is 0 Å². The van der Waals surface area contributed by atoms with Crippen LogP contribution in [-0.4, -0.2) is 4.57 Å². The molecule has 0 radical (unpaired) electrons. The molecule has 2 heterocycles. The summed E-state index contributed by atoms with van der Waals surface area (Å²) < 4.78 is 8.84. The van der Waals surface area contributed by atoms with Crippen molar-refractivity contribution in [2.75, 3.05) is 4.90 Å². The minimum absolute atomic E-state index is 0.908. The molecule has 0 atom stereocenters. The van der Waals surface area contributed by atoms with Crippen LogP contribution in [0, 0.1) is 0 Å². The van der Waals surface area contributed by atoms with E-state index in [2.05, 4.69) is 276 Å². The fourth-order valence-electron chi connectivity index (χ4n) is 11.9. The first-order valence-electron chi connectivity index (χ1n) is 25.7. The predicted octanol–water partition coefficient (Wildman–Crippen LogP) is 20.3. The van der Waals surface area contributed by atoms with E-state index in [4.69, 9.17) is 4.42 Å². The van der Waals surface area contributed by atoms with Crippen molar-refractivity contribution >= 4 is 93.1 Å². The number of hydrogen-bond acceptors (Lipinski definition) is 2. The maximum absolute atomic E-state index is 6.41. The lowest BCUT2D eigenvalue weighted by atomic mass is 9.93. The lowest BCUT2D eigenvalue weighted by molar-refractivity contribution is 0.670.